The number of ketones is 1. The third-order valence-electron chi connectivity index (χ3n) is 3.16. The molecule has 0 aliphatic rings. The number of carbonyl (C=O) groups is 1. The summed E-state index contributed by atoms with van der Waals surface area (Å²) in [5.41, 5.74) is 3.21. The van der Waals surface area contributed by atoms with Crippen molar-refractivity contribution in [3.8, 4) is 0 Å². The molecule has 0 heterocycles. The van der Waals surface area contributed by atoms with Gasteiger partial charge in [-0.3, -0.25) is 9.69 Å². The zero-order valence-corrected chi connectivity index (χ0v) is 13.4. The molecule has 0 aliphatic heterocycles. The molecular formula is C17H18BrNO. The number of rotatable bonds is 5. The van der Waals surface area contributed by atoms with Gasteiger partial charge in [-0.15, -0.1) is 0 Å². The molecule has 2 aromatic rings. The predicted octanol–water partition coefficient (Wildman–Crippen LogP) is 4.07. The number of likely N-dealkylation sites (N-methyl/N-ethyl adjacent to an activating group) is 1. The number of hydrogen-bond donors (Lipinski definition) is 0. The second-order valence-corrected chi connectivity index (χ2v) is 5.92. The third-order valence-corrected chi connectivity index (χ3v) is 3.85. The van der Waals surface area contributed by atoms with Crippen molar-refractivity contribution in [2.75, 3.05) is 13.6 Å². The summed E-state index contributed by atoms with van der Waals surface area (Å²) in [6.45, 7) is 3.26. The smallest absolute Gasteiger partial charge is 0.177 e. The number of Topliss-reactive ketones (excluding diaryl/α,β-unsaturated/α-hetero) is 1. The molecule has 0 unspecified atom stereocenters. The Balaban J connectivity index is 1.98. The first-order valence-electron chi connectivity index (χ1n) is 6.58. The average molecular weight is 332 g/mol. The summed E-state index contributed by atoms with van der Waals surface area (Å²) in [6.07, 6.45) is 0. The first-order valence-corrected chi connectivity index (χ1v) is 7.37. The third kappa shape index (κ3) is 4.02. The molecule has 0 bridgehead atoms. The molecule has 104 valence electrons. The van der Waals surface area contributed by atoms with E-state index in [0.29, 0.717) is 6.54 Å². The minimum atomic E-state index is 0.132. The summed E-state index contributed by atoms with van der Waals surface area (Å²) in [7, 11) is 1.97. The van der Waals surface area contributed by atoms with Gasteiger partial charge in [0.1, 0.15) is 0 Å². The van der Waals surface area contributed by atoms with Gasteiger partial charge in [-0.05, 0) is 25.6 Å². The fraction of sp³-hybridized carbons (Fsp3) is 0.235. The summed E-state index contributed by atoms with van der Waals surface area (Å²) in [5.74, 6) is 0.132. The van der Waals surface area contributed by atoms with Crippen molar-refractivity contribution in [2.45, 2.75) is 13.5 Å². The monoisotopic (exact) mass is 331 g/mol. The van der Waals surface area contributed by atoms with Crippen LogP contribution in [-0.2, 0) is 6.54 Å². The highest BCUT2D eigenvalue weighted by molar-refractivity contribution is 9.10. The first-order chi connectivity index (χ1) is 9.56. The Morgan fingerprint density at radius 2 is 1.75 bits per heavy atom. The molecule has 2 rings (SSSR count). The van der Waals surface area contributed by atoms with Gasteiger partial charge < -0.3 is 0 Å². The molecule has 0 spiro atoms. The van der Waals surface area contributed by atoms with Crippen LogP contribution in [0.5, 0.6) is 0 Å². The van der Waals surface area contributed by atoms with Gasteiger partial charge in [0.05, 0.1) is 6.54 Å². The van der Waals surface area contributed by atoms with Gasteiger partial charge in [-0.2, -0.15) is 0 Å². The minimum Gasteiger partial charge on any atom is -0.295 e. The maximum Gasteiger partial charge on any atom is 0.177 e. The highest BCUT2D eigenvalue weighted by Crippen LogP contribution is 2.17. The summed E-state index contributed by atoms with van der Waals surface area (Å²) >= 11 is 3.42. The molecule has 0 fully saturated rings. The van der Waals surface area contributed by atoms with E-state index in [9.17, 15) is 4.79 Å². The van der Waals surface area contributed by atoms with Crippen LogP contribution in [0.3, 0.4) is 0 Å². The number of halogens is 1. The van der Waals surface area contributed by atoms with Crippen LogP contribution in [0.25, 0.3) is 0 Å². The van der Waals surface area contributed by atoms with Crippen LogP contribution in [0.4, 0.5) is 0 Å². The van der Waals surface area contributed by atoms with Gasteiger partial charge in [0.15, 0.2) is 5.78 Å². The molecule has 2 nitrogen and oxygen atoms in total. The van der Waals surface area contributed by atoms with E-state index in [-0.39, 0.29) is 5.78 Å². The first kappa shape index (κ1) is 14.9. The topological polar surface area (TPSA) is 20.3 Å². The van der Waals surface area contributed by atoms with Crippen LogP contribution in [-0.4, -0.2) is 24.3 Å². The molecule has 0 saturated carbocycles. The Labute approximate surface area is 128 Å². The molecule has 0 amide bonds. The molecule has 0 N–H and O–H groups in total. The van der Waals surface area contributed by atoms with E-state index in [0.717, 1.165) is 16.6 Å². The summed E-state index contributed by atoms with van der Waals surface area (Å²) < 4.78 is 0.855. The largest absolute Gasteiger partial charge is 0.295 e. The van der Waals surface area contributed by atoms with Crippen molar-refractivity contribution in [3.63, 3.8) is 0 Å². The Morgan fingerprint density at radius 3 is 2.40 bits per heavy atom. The molecule has 0 aliphatic carbocycles. The molecule has 0 atom stereocenters. The zero-order valence-electron chi connectivity index (χ0n) is 11.8. The van der Waals surface area contributed by atoms with Gasteiger partial charge in [-0.25, -0.2) is 0 Å². The molecule has 0 saturated heterocycles. The molecule has 0 radical (unpaired) electrons. The lowest BCUT2D eigenvalue weighted by atomic mass is 10.1. The molecule has 20 heavy (non-hydrogen) atoms. The van der Waals surface area contributed by atoms with Crippen molar-refractivity contribution in [1.29, 1.82) is 0 Å². The van der Waals surface area contributed by atoms with Crippen LogP contribution in [0.15, 0.2) is 53.0 Å². The molecule has 0 aromatic heterocycles. The molecular weight excluding hydrogens is 314 g/mol. The maximum atomic E-state index is 12.2. The molecule has 2 aromatic carbocycles. The van der Waals surface area contributed by atoms with Gasteiger partial charge in [0.25, 0.3) is 0 Å². The van der Waals surface area contributed by atoms with Gasteiger partial charge in [0.2, 0.25) is 0 Å². The second kappa shape index (κ2) is 6.82. The van der Waals surface area contributed by atoms with E-state index in [4.69, 9.17) is 0 Å². The van der Waals surface area contributed by atoms with E-state index in [1.54, 1.807) is 0 Å². The summed E-state index contributed by atoms with van der Waals surface area (Å²) in [4.78, 5) is 14.3. The van der Waals surface area contributed by atoms with Gasteiger partial charge >= 0.3 is 0 Å². The van der Waals surface area contributed by atoms with Crippen LogP contribution in [0.1, 0.15) is 21.5 Å². The summed E-state index contributed by atoms with van der Waals surface area (Å²) in [6, 6.07) is 16.0. The lowest BCUT2D eigenvalue weighted by molar-refractivity contribution is 0.0942. The number of hydrogen-bond acceptors (Lipinski definition) is 2. The van der Waals surface area contributed by atoms with E-state index in [2.05, 4.69) is 47.1 Å². The molecule has 3 heteroatoms. The fourth-order valence-electron chi connectivity index (χ4n) is 2.08. The Kier molecular flexibility index (Phi) is 5.10. The fourth-order valence-corrected chi connectivity index (χ4v) is 2.58. The average Bonchev–Trinajstić information content (AvgIpc) is 2.41. The Morgan fingerprint density at radius 1 is 1.10 bits per heavy atom. The van der Waals surface area contributed by atoms with Crippen LogP contribution in [0, 0.1) is 6.92 Å². The summed E-state index contributed by atoms with van der Waals surface area (Å²) in [5, 5.41) is 0. The van der Waals surface area contributed by atoms with Crippen LogP contribution < -0.4 is 0 Å². The number of aryl methyl sites for hydroxylation is 1. The lowest BCUT2D eigenvalue weighted by Crippen LogP contribution is -2.25. The van der Waals surface area contributed by atoms with Crippen LogP contribution in [0.2, 0.25) is 0 Å². The van der Waals surface area contributed by atoms with Crippen molar-refractivity contribution < 1.29 is 4.79 Å². The number of nitrogens with zero attached hydrogens (tertiary/aromatic N) is 1. The minimum absolute atomic E-state index is 0.132. The van der Waals surface area contributed by atoms with Crippen molar-refractivity contribution in [2.24, 2.45) is 0 Å². The second-order valence-electron chi connectivity index (χ2n) is 5.06. The van der Waals surface area contributed by atoms with E-state index < -0.39 is 0 Å². The quantitative estimate of drug-likeness (QED) is 0.769. The predicted molar refractivity (Wildman–Crippen MR) is 86.0 cm³/mol. The van der Waals surface area contributed by atoms with Gasteiger partial charge in [0, 0.05) is 16.6 Å². The Bertz CT molecular complexity index is 592. The van der Waals surface area contributed by atoms with Crippen molar-refractivity contribution in [1.82, 2.24) is 4.90 Å². The Hall–Kier alpha value is -1.45. The highest BCUT2D eigenvalue weighted by atomic mass is 79.9. The number of benzene rings is 2. The van der Waals surface area contributed by atoms with Gasteiger partial charge in [-0.1, -0.05) is 64.0 Å². The van der Waals surface area contributed by atoms with E-state index >= 15 is 0 Å². The normalized spacial score (nSPS) is 10.8. The van der Waals surface area contributed by atoms with E-state index in [1.807, 2.05) is 36.2 Å². The maximum absolute atomic E-state index is 12.2. The zero-order chi connectivity index (χ0) is 14.5. The highest BCUT2D eigenvalue weighted by Gasteiger charge is 2.12. The van der Waals surface area contributed by atoms with Crippen molar-refractivity contribution >= 4 is 21.7 Å². The van der Waals surface area contributed by atoms with E-state index in [1.165, 1.54) is 11.1 Å². The standard InChI is InChI=1S/C17H18BrNO/c1-13-7-9-14(10-8-13)11-19(2)12-17(20)15-5-3-4-6-16(15)18/h3-10H,11-12H2,1-2H3. The van der Waals surface area contributed by atoms with Crippen molar-refractivity contribution in [3.05, 3.63) is 69.7 Å². The number of carbonyl (C=O) groups excluding carboxylic acids is 1. The lowest BCUT2D eigenvalue weighted by Gasteiger charge is -2.16. The van der Waals surface area contributed by atoms with Crippen LogP contribution >= 0.6 is 15.9 Å². The SMILES string of the molecule is Cc1ccc(CN(C)CC(=O)c2ccccc2Br)cc1.